The topological polar surface area (TPSA) is 84.7 Å². The minimum Gasteiger partial charge on any atom is -0.444 e. The highest BCUT2D eigenvalue weighted by Gasteiger charge is 2.38. The average molecular weight is 325 g/mol. The highest BCUT2D eigenvalue weighted by molar-refractivity contribution is 5.72. The average Bonchev–Trinajstić information content (AvgIpc) is 2.22. The van der Waals surface area contributed by atoms with Gasteiger partial charge in [0.25, 0.3) is 0 Å². The van der Waals surface area contributed by atoms with Crippen molar-refractivity contribution in [3.63, 3.8) is 0 Å². The van der Waals surface area contributed by atoms with Crippen LogP contribution >= 0.6 is 0 Å². The van der Waals surface area contributed by atoms with E-state index in [0.717, 1.165) is 4.90 Å². The van der Waals surface area contributed by atoms with E-state index in [1.807, 2.05) is 0 Å². The van der Waals surface area contributed by atoms with Crippen molar-refractivity contribution in [2.45, 2.75) is 51.4 Å². The fourth-order valence-electron chi connectivity index (χ4n) is 2.44. The molecule has 1 heterocycles. The zero-order valence-electron chi connectivity index (χ0n) is 12.9. The van der Waals surface area contributed by atoms with Gasteiger partial charge in [0.15, 0.2) is 0 Å². The van der Waals surface area contributed by atoms with Crippen LogP contribution in [-0.2, 0) is 4.74 Å². The number of ether oxygens (including phenoxy) is 1. The van der Waals surface area contributed by atoms with Crippen LogP contribution in [0.1, 0.15) is 33.6 Å². The number of nitrogens with two attached hydrogens (primary N) is 1. The van der Waals surface area contributed by atoms with Crippen LogP contribution in [0.25, 0.3) is 0 Å². The van der Waals surface area contributed by atoms with Crippen molar-refractivity contribution in [2.75, 3.05) is 13.1 Å². The van der Waals surface area contributed by atoms with Gasteiger partial charge in [0.05, 0.1) is 6.04 Å². The predicted octanol–water partition coefficient (Wildman–Crippen LogP) is 2.23. The number of hydrogen-bond donors (Lipinski definition) is 2. The van der Waals surface area contributed by atoms with Gasteiger partial charge < -0.3 is 20.7 Å². The Bertz CT molecular complexity index is 421. The molecule has 0 aliphatic carbocycles. The Labute approximate surface area is 127 Å². The number of primary amides is 1. The largest absolute Gasteiger partial charge is 0.444 e. The van der Waals surface area contributed by atoms with Crippen molar-refractivity contribution >= 4 is 12.1 Å². The molecule has 3 amide bonds. The maximum absolute atomic E-state index is 12.5. The molecule has 1 rings (SSSR count). The molecule has 0 aromatic heterocycles. The molecule has 0 radical (unpaired) electrons. The SMILES string of the molecule is CC(C)(C)OC(=O)NC1CC(CC(F)(F)F)CN(C(N)=O)C1. The second-order valence-corrected chi connectivity index (χ2v) is 6.51. The van der Waals surface area contributed by atoms with Crippen molar-refractivity contribution in [3.05, 3.63) is 0 Å². The summed E-state index contributed by atoms with van der Waals surface area (Å²) in [7, 11) is 0. The maximum atomic E-state index is 12.5. The molecule has 2 atom stereocenters. The van der Waals surface area contributed by atoms with Crippen LogP contribution in [-0.4, -0.2) is 47.9 Å². The molecule has 0 spiro atoms. The number of urea groups is 1. The minimum absolute atomic E-state index is 0.0681. The number of piperidine rings is 1. The summed E-state index contributed by atoms with van der Waals surface area (Å²) in [6.07, 6.45) is -5.97. The van der Waals surface area contributed by atoms with Gasteiger partial charge in [0.1, 0.15) is 5.60 Å². The van der Waals surface area contributed by atoms with Gasteiger partial charge in [-0.05, 0) is 33.1 Å². The lowest BCUT2D eigenvalue weighted by atomic mass is 9.91. The summed E-state index contributed by atoms with van der Waals surface area (Å²) in [6, 6.07) is -1.42. The number of amides is 3. The third kappa shape index (κ3) is 6.86. The molecule has 2 unspecified atom stereocenters. The molecular formula is C13H22F3N3O3. The fourth-order valence-corrected chi connectivity index (χ4v) is 2.44. The first kappa shape index (κ1) is 18.4. The zero-order valence-corrected chi connectivity index (χ0v) is 12.9. The maximum Gasteiger partial charge on any atom is 0.407 e. The fraction of sp³-hybridized carbons (Fsp3) is 0.846. The monoisotopic (exact) mass is 325 g/mol. The molecule has 22 heavy (non-hydrogen) atoms. The van der Waals surface area contributed by atoms with Gasteiger partial charge in [-0.3, -0.25) is 0 Å². The predicted molar refractivity (Wildman–Crippen MR) is 73.1 cm³/mol. The third-order valence-electron chi connectivity index (χ3n) is 3.09. The van der Waals surface area contributed by atoms with E-state index in [0.29, 0.717) is 0 Å². The molecule has 1 fully saturated rings. The van der Waals surface area contributed by atoms with Crippen LogP contribution in [0.15, 0.2) is 0 Å². The van der Waals surface area contributed by atoms with Crippen molar-refractivity contribution in [2.24, 2.45) is 11.7 Å². The van der Waals surface area contributed by atoms with Crippen LogP contribution < -0.4 is 11.1 Å². The van der Waals surface area contributed by atoms with Crippen LogP contribution in [0, 0.1) is 5.92 Å². The van der Waals surface area contributed by atoms with E-state index in [1.165, 1.54) is 0 Å². The second-order valence-electron chi connectivity index (χ2n) is 6.51. The van der Waals surface area contributed by atoms with Gasteiger partial charge in [-0.1, -0.05) is 0 Å². The molecule has 1 aliphatic heterocycles. The van der Waals surface area contributed by atoms with Crippen LogP contribution in [0.2, 0.25) is 0 Å². The number of carbonyl (C=O) groups is 2. The van der Waals surface area contributed by atoms with E-state index in [9.17, 15) is 22.8 Å². The quantitative estimate of drug-likeness (QED) is 0.816. The zero-order chi connectivity index (χ0) is 17.1. The van der Waals surface area contributed by atoms with Crippen LogP contribution in [0.4, 0.5) is 22.8 Å². The van der Waals surface area contributed by atoms with Gasteiger partial charge in [-0.15, -0.1) is 0 Å². The summed E-state index contributed by atoms with van der Waals surface area (Å²) in [6.45, 7) is 5.03. The number of alkyl halides is 3. The first-order valence-corrected chi connectivity index (χ1v) is 6.96. The molecule has 1 saturated heterocycles. The number of nitrogens with zero attached hydrogens (tertiary/aromatic N) is 1. The second kappa shape index (κ2) is 6.62. The Morgan fingerprint density at radius 3 is 2.32 bits per heavy atom. The molecular weight excluding hydrogens is 303 g/mol. The number of nitrogens with one attached hydrogen (secondary N) is 1. The molecule has 128 valence electrons. The minimum atomic E-state index is -4.33. The van der Waals surface area contributed by atoms with Gasteiger partial charge in [0, 0.05) is 19.5 Å². The Hall–Kier alpha value is -1.67. The van der Waals surface area contributed by atoms with Crippen LogP contribution in [0.3, 0.4) is 0 Å². The standard InChI is InChI=1S/C13H22F3N3O3/c1-12(2,3)22-11(21)18-9-4-8(5-13(14,15)16)6-19(7-9)10(17)20/h8-9H,4-7H2,1-3H3,(H2,17,20)(H,18,21). The van der Waals surface area contributed by atoms with E-state index in [1.54, 1.807) is 20.8 Å². The number of rotatable bonds is 2. The highest BCUT2D eigenvalue weighted by atomic mass is 19.4. The molecule has 0 saturated carbocycles. The summed E-state index contributed by atoms with van der Waals surface area (Å²) < 4.78 is 42.7. The number of alkyl carbamates (subject to hydrolysis) is 1. The summed E-state index contributed by atoms with van der Waals surface area (Å²) in [4.78, 5) is 24.1. The molecule has 0 aromatic carbocycles. The van der Waals surface area contributed by atoms with Crippen molar-refractivity contribution in [1.82, 2.24) is 10.2 Å². The molecule has 3 N–H and O–H groups in total. The van der Waals surface area contributed by atoms with E-state index in [2.05, 4.69) is 5.32 Å². The molecule has 0 bridgehead atoms. The lowest BCUT2D eigenvalue weighted by Crippen LogP contribution is -2.54. The summed E-state index contributed by atoms with van der Waals surface area (Å²) in [5.74, 6) is -0.804. The Kier molecular flexibility index (Phi) is 5.53. The molecule has 1 aliphatic rings. The van der Waals surface area contributed by atoms with Gasteiger partial charge in [-0.25, -0.2) is 9.59 Å². The third-order valence-corrected chi connectivity index (χ3v) is 3.09. The van der Waals surface area contributed by atoms with Crippen molar-refractivity contribution < 1.29 is 27.5 Å². The molecule has 0 aromatic rings. The Morgan fingerprint density at radius 2 is 1.86 bits per heavy atom. The normalized spacial score (nSPS) is 23.1. The van der Waals surface area contributed by atoms with E-state index >= 15 is 0 Å². The number of halogens is 3. The summed E-state index contributed by atoms with van der Waals surface area (Å²) in [5.41, 5.74) is 4.43. The first-order chi connectivity index (χ1) is 9.85. The lowest BCUT2D eigenvalue weighted by Gasteiger charge is -2.37. The van der Waals surface area contributed by atoms with Gasteiger partial charge in [0.2, 0.25) is 0 Å². The van der Waals surface area contributed by atoms with Crippen LogP contribution in [0.5, 0.6) is 0 Å². The highest BCUT2D eigenvalue weighted by Crippen LogP contribution is 2.30. The summed E-state index contributed by atoms with van der Waals surface area (Å²) in [5, 5.41) is 2.50. The molecule has 6 nitrogen and oxygen atoms in total. The number of carbonyl (C=O) groups excluding carboxylic acids is 2. The number of hydrogen-bond acceptors (Lipinski definition) is 3. The first-order valence-electron chi connectivity index (χ1n) is 6.96. The lowest BCUT2D eigenvalue weighted by molar-refractivity contribution is -0.147. The summed E-state index contributed by atoms with van der Waals surface area (Å²) >= 11 is 0. The van der Waals surface area contributed by atoms with E-state index < -0.39 is 42.3 Å². The van der Waals surface area contributed by atoms with Crippen molar-refractivity contribution in [3.8, 4) is 0 Å². The number of likely N-dealkylation sites (tertiary alicyclic amines) is 1. The van der Waals surface area contributed by atoms with Crippen molar-refractivity contribution in [1.29, 1.82) is 0 Å². The van der Waals surface area contributed by atoms with E-state index in [4.69, 9.17) is 10.5 Å². The smallest absolute Gasteiger partial charge is 0.407 e. The molecule has 9 heteroatoms. The Morgan fingerprint density at radius 1 is 1.27 bits per heavy atom. The van der Waals surface area contributed by atoms with Gasteiger partial charge >= 0.3 is 18.3 Å². The van der Waals surface area contributed by atoms with Gasteiger partial charge in [-0.2, -0.15) is 13.2 Å². The van der Waals surface area contributed by atoms with E-state index in [-0.39, 0.29) is 19.5 Å². The Balaban J connectivity index is 2.68.